The van der Waals surface area contributed by atoms with E-state index in [1.165, 1.54) is 38.5 Å². The van der Waals surface area contributed by atoms with E-state index in [-0.39, 0.29) is 12.5 Å². The number of hydrogen-bond donors (Lipinski definition) is 0. The van der Waals surface area contributed by atoms with E-state index < -0.39 is 0 Å². The molecule has 0 spiro atoms. The molecule has 0 aliphatic heterocycles. The highest BCUT2D eigenvalue weighted by Gasteiger charge is 2.32. The molecule has 1 aromatic carbocycles. The number of ether oxygens (including phenoxy) is 1. The second kappa shape index (κ2) is 8.75. The number of carbonyl (C=O) groups is 1. The van der Waals surface area contributed by atoms with Gasteiger partial charge in [-0.1, -0.05) is 50.1 Å². The van der Waals surface area contributed by atoms with Gasteiger partial charge in [-0.2, -0.15) is 0 Å². The maximum Gasteiger partial charge on any atom is 0.261 e. The summed E-state index contributed by atoms with van der Waals surface area (Å²) in [6.07, 6.45) is 12.2. The molecule has 3 rings (SSSR count). The molecular formula is C20H28ClNO2. The number of hydrogen-bond acceptors (Lipinski definition) is 2. The van der Waals surface area contributed by atoms with Crippen LogP contribution < -0.4 is 4.74 Å². The number of nitrogens with zero attached hydrogens (tertiary/aromatic N) is 1. The molecule has 132 valence electrons. The van der Waals surface area contributed by atoms with Gasteiger partial charge in [-0.25, -0.2) is 0 Å². The van der Waals surface area contributed by atoms with Crippen molar-refractivity contribution in [3.8, 4) is 5.75 Å². The lowest BCUT2D eigenvalue weighted by atomic mass is 9.88. The molecule has 3 nitrogen and oxygen atoms in total. The van der Waals surface area contributed by atoms with Crippen molar-refractivity contribution in [3.63, 3.8) is 0 Å². The second-order valence-corrected chi connectivity index (χ2v) is 7.56. The fourth-order valence-electron chi connectivity index (χ4n) is 4.17. The number of carbonyl (C=O) groups excluding carboxylic acids is 1. The Kier molecular flexibility index (Phi) is 6.42. The molecule has 0 radical (unpaired) electrons. The van der Waals surface area contributed by atoms with E-state index >= 15 is 0 Å². The molecule has 2 saturated carbocycles. The Labute approximate surface area is 150 Å². The number of amides is 1. The molecule has 4 heteroatoms. The number of benzene rings is 1. The smallest absolute Gasteiger partial charge is 0.261 e. The van der Waals surface area contributed by atoms with Crippen LogP contribution in [0.4, 0.5) is 0 Å². The van der Waals surface area contributed by atoms with Crippen LogP contribution in [0.2, 0.25) is 5.02 Å². The molecule has 0 heterocycles. The fourth-order valence-corrected chi connectivity index (χ4v) is 4.30. The predicted molar refractivity (Wildman–Crippen MR) is 97.5 cm³/mol. The zero-order chi connectivity index (χ0) is 16.8. The third-order valence-electron chi connectivity index (χ3n) is 5.40. The van der Waals surface area contributed by atoms with Gasteiger partial charge in [0.05, 0.1) is 0 Å². The van der Waals surface area contributed by atoms with Gasteiger partial charge in [-0.3, -0.25) is 4.79 Å². The van der Waals surface area contributed by atoms with Crippen molar-refractivity contribution in [1.29, 1.82) is 0 Å². The maximum atomic E-state index is 13.0. The van der Waals surface area contributed by atoms with Gasteiger partial charge in [0.2, 0.25) is 0 Å². The van der Waals surface area contributed by atoms with Crippen LogP contribution in [-0.4, -0.2) is 29.5 Å². The largest absolute Gasteiger partial charge is 0.484 e. The van der Waals surface area contributed by atoms with E-state index in [2.05, 4.69) is 4.90 Å². The normalized spacial score (nSPS) is 19.9. The summed E-state index contributed by atoms with van der Waals surface area (Å²) in [6.45, 7) is 0.134. The highest BCUT2D eigenvalue weighted by atomic mass is 35.5. The Hall–Kier alpha value is -1.22. The third kappa shape index (κ3) is 4.66. The summed E-state index contributed by atoms with van der Waals surface area (Å²) in [6, 6.07) is 8.07. The van der Waals surface area contributed by atoms with Crippen LogP contribution in [-0.2, 0) is 4.79 Å². The monoisotopic (exact) mass is 349 g/mol. The predicted octanol–water partition coefficient (Wildman–Crippen LogP) is 5.21. The molecule has 2 aliphatic rings. The van der Waals surface area contributed by atoms with Gasteiger partial charge in [0, 0.05) is 17.1 Å². The molecule has 0 saturated heterocycles. The zero-order valence-electron chi connectivity index (χ0n) is 14.4. The first-order valence-corrected chi connectivity index (χ1v) is 9.81. The minimum Gasteiger partial charge on any atom is -0.484 e. The van der Waals surface area contributed by atoms with E-state index in [0.717, 1.165) is 25.7 Å². The van der Waals surface area contributed by atoms with Crippen LogP contribution in [0.3, 0.4) is 0 Å². The number of rotatable bonds is 5. The lowest BCUT2D eigenvalue weighted by Gasteiger charge is -2.41. The molecule has 2 aliphatic carbocycles. The Bertz CT molecular complexity index is 501. The average molecular weight is 350 g/mol. The summed E-state index contributed by atoms with van der Waals surface area (Å²) in [7, 11) is 0. The number of halogens is 1. The molecule has 0 bridgehead atoms. The average Bonchev–Trinajstić information content (AvgIpc) is 2.63. The minimum absolute atomic E-state index is 0.134. The molecule has 1 aromatic rings. The highest BCUT2D eigenvalue weighted by molar-refractivity contribution is 6.30. The first-order chi connectivity index (χ1) is 11.7. The summed E-state index contributed by atoms with van der Waals surface area (Å²) in [5, 5.41) is 0.680. The van der Waals surface area contributed by atoms with Gasteiger partial charge in [0.1, 0.15) is 5.75 Å². The molecule has 0 unspecified atom stereocenters. The van der Waals surface area contributed by atoms with E-state index in [1.807, 2.05) is 12.1 Å². The molecule has 24 heavy (non-hydrogen) atoms. The van der Waals surface area contributed by atoms with Gasteiger partial charge >= 0.3 is 0 Å². The Morgan fingerprint density at radius 3 is 1.92 bits per heavy atom. The van der Waals surface area contributed by atoms with Crippen molar-refractivity contribution in [1.82, 2.24) is 4.90 Å². The second-order valence-electron chi connectivity index (χ2n) is 7.13. The van der Waals surface area contributed by atoms with E-state index in [4.69, 9.17) is 16.3 Å². The topological polar surface area (TPSA) is 29.5 Å². The standard InChI is InChI=1S/C20H28ClNO2/c21-16-11-13-19(14-12-16)24-15-20(23)22(17-7-3-1-4-8-17)18-9-5-2-6-10-18/h11-14,17-18H,1-10,15H2. The van der Waals surface area contributed by atoms with Gasteiger partial charge in [0.25, 0.3) is 5.91 Å². The Morgan fingerprint density at radius 1 is 0.917 bits per heavy atom. The summed E-state index contributed by atoms with van der Waals surface area (Å²) < 4.78 is 5.74. The van der Waals surface area contributed by atoms with Crippen LogP contribution in [0, 0.1) is 0 Å². The van der Waals surface area contributed by atoms with Gasteiger partial charge in [-0.15, -0.1) is 0 Å². The van der Waals surface area contributed by atoms with Crippen molar-refractivity contribution in [3.05, 3.63) is 29.3 Å². The van der Waals surface area contributed by atoms with Crippen LogP contribution in [0.15, 0.2) is 24.3 Å². The van der Waals surface area contributed by atoms with Crippen molar-refractivity contribution in [2.45, 2.75) is 76.3 Å². The highest BCUT2D eigenvalue weighted by Crippen LogP contribution is 2.30. The summed E-state index contributed by atoms with van der Waals surface area (Å²) >= 11 is 5.90. The van der Waals surface area contributed by atoms with Gasteiger partial charge < -0.3 is 9.64 Å². The van der Waals surface area contributed by atoms with E-state index in [1.54, 1.807) is 12.1 Å². The van der Waals surface area contributed by atoms with Crippen LogP contribution >= 0.6 is 11.6 Å². The zero-order valence-corrected chi connectivity index (χ0v) is 15.1. The third-order valence-corrected chi connectivity index (χ3v) is 5.65. The van der Waals surface area contributed by atoms with Gasteiger partial charge in [0.15, 0.2) is 6.61 Å². The Morgan fingerprint density at radius 2 is 1.42 bits per heavy atom. The van der Waals surface area contributed by atoms with E-state index in [9.17, 15) is 4.79 Å². The van der Waals surface area contributed by atoms with Gasteiger partial charge in [-0.05, 0) is 49.9 Å². The first kappa shape index (κ1) is 17.6. The summed E-state index contributed by atoms with van der Waals surface area (Å²) in [5.41, 5.74) is 0. The van der Waals surface area contributed by atoms with Crippen LogP contribution in [0.1, 0.15) is 64.2 Å². The molecule has 0 aromatic heterocycles. The maximum absolute atomic E-state index is 13.0. The SMILES string of the molecule is O=C(COc1ccc(Cl)cc1)N(C1CCCCC1)C1CCCCC1. The molecule has 2 fully saturated rings. The van der Waals surface area contributed by atoms with Crippen LogP contribution in [0.25, 0.3) is 0 Å². The van der Waals surface area contributed by atoms with Crippen molar-refractivity contribution >= 4 is 17.5 Å². The van der Waals surface area contributed by atoms with Crippen molar-refractivity contribution in [2.24, 2.45) is 0 Å². The molecule has 1 amide bonds. The molecule has 0 N–H and O–H groups in total. The fraction of sp³-hybridized carbons (Fsp3) is 0.650. The quantitative estimate of drug-likeness (QED) is 0.730. The minimum atomic E-state index is 0.134. The first-order valence-electron chi connectivity index (χ1n) is 9.43. The van der Waals surface area contributed by atoms with Crippen LogP contribution in [0.5, 0.6) is 5.75 Å². The van der Waals surface area contributed by atoms with Crippen molar-refractivity contribution in [2.75, 3.05) is 6.61 Å². The summed E-state index contributed by atoms with van der Waals surface area (Å²) in [5.74, 6) is 0.865. The molecule has 0 atom stereocenters. The summed E-state index contributed by atoms with van der Waals surface area (Å²) in [4.78, 5) is 15.2. The van der Waals surface area contributed by atoms with Crippen molar-refractivity contribution < 1.29 is 9.53 Å². The molecular weight excluding hydrogens is 322 g/mol. The van der Waals surface area contributed by atoms with E-state index in [0.29, 0.717) is 22.9 Å². The Balaban J connectivity index is 1.64. The lowest BCUT2D eigenvalue weighted by molar-refractivity contribution is -0.140. The lowest BCUT2D eigenvalue weighted by Crippen LogP contribution is -2.50.